The van der Waals surface area contributed by atoms with Crippen molar-refractivity contribution < 1.29 is 4.79 Å². The molecule has 2 amide bonds. The van der Waals surface area contributed by atoms with Gasteiger partial charge in [-0.3, -0.25) is 0 Å². The molecule has 1 unspecified atom stereocenters. The first-order chi connectivity index (χ1) is 13.6. The fourth-order valence-corrected chi connectivity index (χ4v) is 4.06. The molecule has 28 heavy (non-hydrogen) atoms. The van der Waals surface area contributed by atoms with Gasteiger partial charge in [0.25, 0.3) is 0 Å². The van der Waals surface area contributed by atoms with Crippen LogP contribution in [0.1, 0.15) is 48.8 Å². The molecule has 1 heterocycles. The maximum Gasteiger partial charge on any atom is 0.317 e. The Hall–Kier alpha value is -2.26. The van der Waals surface area contributed by atoms with E-state index in [2.05, 4.69) is 49.5 Å². The Bertz CT molecular complexity index is 832. The molecule has 0 spiro atoms. The molecule has 3 nitrogen and oxygen atoms in total. The predicted octanol–water partition coefficient (Wildman–Crippen LogP) is 6.03. The molecular weight excluding hydrogens is 368 g/mol. The van der Waals surface area contributed by atoms with Crippen LogP contribution in [-0.4, -0.2) is 30.6 Å². The van der Waals surface area contributed by atoms with Crippen molar-refractivity contribution in [1.82, 2.24) is 10.2 Å². The average molecular weight is 397 g/mol. The number of rotatable bonds is 6. The van der Waals surface area contributed by atoms with Crippen molar-refractivity contribution in [3.63, 3.8) is 0 Å². The highest BCUT2D eigenvalue weighted by Gasteiger charge is 2.26. The molecule has 1 aliphatic heterocycles. The van der Waals surface area contributed by atoms with E-state index in [0.29, 0.717) is 12.5 Å². The SMILES string of the molecule is CC/C=C(/CCNC(=O)N1CCC(c2ccccc2)C1)c1cc(Cl)ccc1C. The van der Waals surface area contributed by atoms with E-state index in [1.807, 2.05) is 29.2 Å². The van der Waals surface area contributed by atoms with Crippen molar-refractivity contribution in [3.05, 3.63) is 76.3 Å². The highest BCUT2D eigenvalue weighted by molar-refractivity contribution is 6.30. The maximum atomic E-state index is 12.6. The molecule has 4 heteroatoms. The number of carbonyl (C=O) groups is 1. The third-order valence-corrected chi connectivity index (χ3v) is 5.65. The zero-order chi connectivity index (χ0) is 19.9. The van der Waals surface area contributed by atoms with Gasteiger partial charge < -0.3 is 10.2 Å². The van der Waals surface area contributed by atoms with Gasteiger partial charge in [-0.25, -0.2) is 4.79 Å². The van der Waals surface area contributed by atoms with Crippen molar-refractivity contribution in [1.29, 1.82) is 0 Å². The summed E-state index contributed by atoms with van der Waals surface area (Å²) >= 11 is 6.19. The summed E-state index contributed by atoms with van der Waals surface area (Å²) in [5.74, 6) is 0.441. The van der Waals surface area contributed by atoms with E-state index in [0.717, 1.165) is 37.4 Å². The highest BCUT2D eigenvalue weighted by atomic mass is 35.5. The van der Waals surface area contributed by atoms with Crippen LogP contribution in [0.15, 0.2) is 54.6 Å². The summed E-state index contributed by atoms with van der Waals surface area (Å²) in [6.45, 7) is 6.47. The van der Waals surface area contributed by atoms with Gasteiger partial charge in [0, 0.05) is 30.6 Å². The van der Waals surface area contributed by atoms with Crippen LogP contribution >= 0.6 is 11.6 Å². The number of nitrogens with one attached hydrogen (secondary N) is 1. The minimum absolute atomic E-state index is 0.0390. The summed E-state index contributed by atoms with van der Waals surface area (Å²) in [6, 6.07) is 16.5. The van der Waals surface area contributed by atoms with E-state index >= 15 is 0 Å². The second-order valence-electron chi connectivity index (χ2n) is 7.42. The first kappa shape index (κ1) is 20.5. The number of carbonyl (C=O) groups excluding carboxylic acids is 1. The lowest BCUT2D eigenvalue weighted by molar-refractivity contribution is 0.208. The number of hydrogen-bond acceptors (Lipinski definition) is 1. The molecule has 0 saturated carbocycles. The Kier molecular flexibility index (Phi) is 7.16. The van der Waals surface area contributed by atoms with Gasteiger partial charge in [0.15, 0.2) is 0 Å². The van der Waals surface area contributed by atoms with E-state index in [-0.39, 0.29) is 6.03 Å². The Morgan fingerprint density at radius 3 is 2.79 bits per heavy atom. The normalized spacial score (nSPS) is 17.0. The zero-order valence-corrected chi connectivity index (χ0v) is 17.5. The molecule has 0 aromatic heterocycles. The molecule has 0 radical (unpaired) electrons. The third-order valence-electron chi connectivity index (χ3n) is 5.41. The molecule has 1 N–H and O–H groups in total. The highest BCUT2D eigenvalue weighted by Crippen LogP contribution is 2.27. The maximum absolute atomic E-state index is 12.6. The molecule has 1 aliphatic rings. The topological polar surface area (TPSA) is 32.3 Å². The summed E-state index contributed by atoms with van der Waals surface area (Å²) in [5, 5.41) is 3.85. The van der Waals surface area contributed by atoms with Crippen molar-refractivity contribution in [2.24, 2.45) is 0 Å². The summed E-state index contributed by atoms with van der Waals surface area (Å²) in [5.41, 5.74) is 4.95. The van der Waals surface area contributed by atoms with Crippen LogP contribution in [0.25, 0.3) is 5.57 Å². The summed E-state index contributed by atoms with van der Waals surface area (Å²) < 4.78 is 0. The van der Waals surface area contributed by atoms with Gasteiger partial charge in [-0.1, -0.05) is 61.0 Å². The molecule has 0 aliphatic carbocycles. The minimum Gasteiger partial charge on any atom is -0.338 e. The second kappa shape index (κ2) is 9.79. The third kappa shape index (κ3) is 5.17. The molecule has 0 bridgehead atoms. The summed E-state index contributed by atoms with van der Waals surface area (Å²) in [7, 11) is 0. The Morgan fingerprint density at radius 1 is 1.25 bits per heavy atom. The fraction of sp³-hybridized carbons (Fsp3) is 0.375. The van der Waals surface area contributed by atoms with E-state index in [1.54, 1.807) is 0 Å². The van der Waals surface area contributed by atoms with Gasteiger partial charge in [-0.2, -0.15) is 0 Å². The monoisotopic (exact) mass is 396 g/mol. The minimum atomic E-state index is 0.0390. The Balaban J connectivity index is 1.54. The van der Waals surface area contributed by atoms with Crippen LogP contribution in [0.3, 0.4) is 0 Å². The van der Waals surface area contributed by atoms with Gasteiger partial charge in [-0.05, 0) is 60.6 Å². The van der Waals surface area contributed by atoms with Crippen molar-refractivity contribution in [2.45, 2.75) is 39.0 Å². The number of hydrogen-bond donors (Lipinski definition) is 1. The molecule has 3 rings (SSSR count). The van der Waals surface area contributed by atoms with Crippen molar-refractivity contribution in [2.75, 3.05) is 19.6 Å². The van der Waals surface area contributed by atoms with E-state index in [9.17, 15) is 4.79 Å². The van der Waals surface area contributed by atoms with E-state index in [4.69, 9.17) is 11.6 Å². The van der Waals surface area contributed by atoms with Gasteiger partial charge in [-0.15, -0.1) is 0 Å². The van der Waals surface area contributed by atoms with Gasteiger partial charge >= 0.3 is 6.03 Å². The zero-order valence-electron chi connectivity index (χ0n) is 16.7. The van der Waals surface area contributed by atoms with Crippen LogP contribution < -0.4 is 5.32 Å². The Labute approximate surface area is 173 Å². The molecule has 148 valence electrons. The number of amides is 2. The average Bonchev–Trinajstić information content (AvgIpc) is 3.20. The molecule has 1 saturated heterocycles. The van der Waals surface area contributed by atoms with Gasteiger partial charge in [0.05, 0.1) is 0 Å². The van der Waals surface area contributed by atoms with Gasteiger partial charge in [0.1, 0.15) is 0 Å². The molecule has 2 aromatic rings. The number of benzene rings is 2. The number of nitrogens with zero attached hydrogens (tertiary/aromatic N) is 1. The van der Waals surface area contributed by atoms with Crippen molar-refractivity contribution in [3.8, 4) is 0 Å². The molecule has 1 atom stereocenters. The molecular formula is C24H29ClN2O. The first-order valence-electron chi connectivity index (χ1n) is 10.1. The fourth-order valence-electron chi connectivity index (χ4n) is 3.89. The standard InChI is InChI=1S/C24H29ClN2O/c1-3-7-20(23-16-22(25)11-10-18(23)2)12-14-26-24(28)27-15-13-21(17-27)19-8-5-4-6-9-19/h4-11,16,21H,3,12-15,17H2,1-2H3,(H,26,28)/b20-7-. The lowest BCUT2D eigenvalue weighted by Gasteiger charge is -2.18. The smallest absolute Gasteiger partial charge is 0.317 e. The second-order valence-corrected chi connectivity index (χ2v) is 7.86. The van der Waals surface area contributed by atoms with Gasteiger partial charge in [0.2, 0.25) is 0 Å². The van der Waals surface area contributed by atoms with Crippen LogP contribution in [0.5, 0.6) is 0 Å². The van der Waals surface area contributed by atoms with Crippen LogP contribution in [0.4, 0.5) is 4.79 Å². The molecule has 2 aromatic carbocycles. The Morgan fingerprint density at radius 2 is 2.04 bits per heavy atom. The number of urea groups is 1. The van der Waals surface area contributed by atoms with E-state index in [1.165, 1.54) is 22.3 Å². The van der Waals surface area contributed by atoms with Crippen LogP contribution in [0.2, 0.25) is 5.02 Å². The first-order valence-corrected chi connectivity index (χ1v) is 10.5. The number of halogens is 1. The van der Waals surface area contributed by atoms with Crippen molar-refractivity contribution >= 4 is 23.2 Å². The lowest BCUT2D eigenvalue weighted by Crippen LogP contribution is -2.38. The predicted molar refractivity (Wildman–Crippen MR) is 118 cm³/mol. The summed E-state index contributed by atoms with van der Waals surface area (Å²) in [4.78, 5) is 14.5. The lowest BCUT2D eigenvalue weighted by atomic mass is 9.97. The molecule has 1 fully saturated rings. The number of likely N-dealkylation sites (tertiary alicyclic amines) is 1. The number of allylic oxidation sites excluding steroid dienone is 1. The van der Waals surface area contributed by atoms with Crippen LogP contribution in [0, 0.1) is 6.92 Å². The largest absolute Gasteiger partial charge is 0.338 e. The van der Waals surface area contributed by atoms with Crippen LogP contribution in [-0.2, 0) is 0 Å². The number of aryl methyl sites for hydroxylation is 1. The van der Waals surface area contributed by atoms with E-state index < -0.39 is 0 Å². The summed E-state index contributed by atoms with van der Waals surface area (Å²) in [6.07, 6.45) is 5.02. The quantitative estimate of drug-likeness (QED) is 0.635.